The molecule has 1 rings (SSSR count). The molecule has 5 heteroatoms. The average molecular weight is 300 g/mol. The van der Waals surface area contributed by atoms with Gasteiger partial charge < -0.3 is 14.8 Å². The van der Waals surface area contributed by atoms with E-state index in [1.54, 1.807) is 0 Å². The predicted molar refractivity (Wildman–Crippen MR) is 80.1 cm³/mol. The molecule has 0 radical (unpaired) electrons. The minimum Gasteiger partial charge on any atom is -0.493 e. The summed E-state index contributed by atoms with van der Waals surface area (Å²) in [5, 5.41) is 4.00. The van der Waals surface area contributed by atoms with Gasteiger partial charge in [-0.05, 0) is 24.6 Å². The Labute approximate surface area is 125 Å². The molecule has 1 aromatic rings. The fourth-order valence-corrected chi connectivity index (χ4v) is 1.91. The molecule has 0 saturated carbocycles. The van der Waals surface area contributed by atoms with Crippen LogP contribution < -0.4 is 10.1 Å². The summed E-state index contributed by atoms with van der Waals surface area (Å²) >= 11 is 6.20. The molecule has 0 aliphatic rings. The Balaban J connectivity index is 2.60. The molecule has 0 bridgehead atoms. The van der Waals surface area contributed by atoms with Crippen LogP contribution in [0.15, 0.2) is 18.2 Å². The normalized spacial score (nSPS) is 10.7. The Bertz CT molecular complexity index is 435. The average Bonchev–Trinajstić information content (AvgIpc) is 2.41. The second kappa shape index (κ2) is 8.82. The van der Waals surface area contributed by atoms with Crippen LogP contribution in [0.25, 0.3) is 0 Å². The van der Waals surface area contributed by atoms with Gasteiger partial charge in [0, 0.05) is 17.1 Å². The third kappa shape index (κ3) is 5.80. The largest absolute Gasteiger partial charge is 0.493 e. The Kier molecular flexibility index (Phi) is 7.41. The molecule has 4 nitrogen and oxygen atoms in total. The third-order valence-corrected chi connectivity index (χ3v) is 3.08. The fraction of sp³-hybridized carbons (Fsp3) is 0.533. The maximum Gasteiger partial charge on any atom is 0.308 e. The highest BCUT2D eigenvalue weighted by atomic mass is 35.5. The molecule has 0 spiro atoms. The van der Waals surface area contributed by atoms with Gasteiger partial charge in [-0.1, -0.05) is 31.5 Å². The number of methoxy groups -OCH3 is 1. The molecule has 0 unspecified atom stereocenters. The summed E-state index contributed by atoms with van der Waals surface area (Å²) in [6.07, 6.45) is 0.224. The SMILES string of the molecule is COC(=O)CCOc1cccc(Cl)c1CNCC(C)C. The molecule has 0 aliphatic carbocycles. The van der Waals surface area contributed by atoms with Crippen LogP contribution in [0.1, 0.15) is 25.8 Å². The Morgan fingerprint density at radius 2 is 2.15 bits per heavy atom. The van der Waals surface area contributed by atoms with Gasteiger partial charge in [0.15, 0.2) is 0 Å². The van der Waals surface area contributed by atoms with Crippen LogP contribution >= 0.6 is 11.6 Å². The van der Waals surface area contributed by atoms with E-state index in [0.29, 0.717) is 23.2 Å². The van der Waals surface area contributed by atoms with Crippen molar-refractivity contribution < 1.29 is 14.3 Å². The number of hydrogen-bond acceptors (Lipinski definition) is 4. The molecule has 0 amide bonds. The second-order valence-corrected chi connectivity index (χ2v) is 5.32. The van der Waals surface area contributed by atoms with Crippen molar-refractivity contribution in [1.29, 1.82) is 0 Å². The summed E-state index contributed by atoms with van der Waals surface area (Å²) in [6.45, 7) is 6.13. The molecule has 1 aromatic carbocycles. The van der Waals surface area contributed by atoms with Crippen molar-refractivity contribution in [1.82, 2.24) is 5.32 Å². The molecular formula is C15H22ClNO3. The lowest BCUT2D eigenvalue weighted by Crippen LogP contribution is -2.20. The summed E-state index contributed by atoms with van der Waals surface area (Å²) in [5.41, 5.74) is 0.916. The van der Waals surface area contributed by atoms with Crippen LogP contribution in [-0.4, -0.2) is 26.2 Å². The lowest BCUT2D eigenvalue weighted by Gasteiger charge is -2.14. The van der Waals surface area contributed by atoms with E-state index in [1.807, 2.05) is 18.2 Å². The third-order valence-electron chi connectivity index (χ3n) is 2.72. The van der Waals surface area contributed by atoms with Crippen LogP contribution in [-0.2, 0) is 16.1 Å². The van der Waals surface area contributed by atoms with Gasteiger partial charge in [-0.15, -0.1) is 0 Å². The Morgan fingerprint density at radius 1 is 1.40 bits per heavy atom. The van der Waals surface area contributed by atoms with Gasteiger partial charge in [0.05, 0.1) is 20.1 Å². The molecular weight excluding hydrogens is 278 g/mol. The van der Waals surface area contributed by atoms with E-state index in [4.69, 9.17) is 16.3 Å². The monoisotopic (exact) mass is 299 g/mol. The highest BCUT2D eigenvalue weighted by Gasteiger charge is 2.09. The number of benzene rings is 1. The lowest BCUT2D eigenvalue weighted by molar-refractivity contribution is -0.141. The van der Waals surface area contributed by atoms with Gasteiger partial charge in [-0.3, -0.25) is 4.79 Å². The van der Waals surface area contributed by atoms with Gasteiger partial charge in [-0.2, -0.15) is 0 Å². The zero-order valence-corrected chi connectivity index (χ0v) is 13.0. The van der Waals surface area contributed by atoms with Crippen LogP contribution in [0.4, 0.5) is 0 Å². The van der Waals surface area contributed by atoms with E-state index in [0.717, 1.165) is 12.1 Å². The molecule has 112 valence electrons. The first-order chi connectivity index (χ1) is 9.54. The van der Waals surface area contributed by atoms with Crippen LogP contribution in [0.5, 0.6) is 5.75 Å². The molecule has 0 fully saturated rings. The van der Waals surface area contributed by atoms with Crippen molar-refractivity contribution in [3.05, 3.63) is 28.8 Å². The number of halogens is 1. The highest BCUT2D eigenvalue weighted by Crippen LogP contribution is 2.26. The smallest absolute Gasteiger partial charge is 0.308 e. The number of esters is 1. The minimum absolute atomic E-state index is 0.224. The number of rotatable bonds is 8. The van der Waals surface area contributed by atoms with Crippen molar-refractivity contribution in [2.24, 2.45) is 5.92 Å². The molecule has 0 heterocycles. The van der Waals surface area contributed by atoms with Crippen molar-refractivity contribution >= 4 is 17.6 Å². The fourth-order valence-electron chi connectivity index (χ4n) is 1.68. The quantitative estimate of drug-likeness (QED) is 0.750. The second-order valence-electron chi connectivity index (χ2n) is 4.92. The summed E-state index contributed by atoms with van der Waals surface area (Å²) in [6, 6.07) is 5.53. The van der Waals surface area contributed by atoms with Crippen molar-refractivity contribution in [2.45, 2.75) is 26.8 Å². The number of carbonyl (C=O) groups excluding carboxylic acids is 1. The summed E-state index contributed by atoms with van der Waals surface area (Å²) in [5.74, 6) is 0.991. The van der Waals surface area contributed by atoms with Gasteiger partial charge in [0.25, 0.3) is 0 Å². The van der Waals surface area contributed by atoms with Crippen molar-refractivity contribution in [3.8, 4) is 5.75 Å². The van der Waals surface area contributed by atoms with E-state index in [9.17, 15) is 4.79 Å². The first kappa shape index (κ1) is 16.8. The topological polar surface area (TPSA) is 47.6 Å². The number of ether oxygens (including phenoxy) is 2. The molecule has 1 N–H and O–H groups in total. The first-order valence-electron chi connectivity index (χ1n) is 6.72. The summed E-state index contributed by atoms with van der Waals surface area (Å²) in [4.78, 5) is 11.1. The minimum atomic E-state index is -0.286. The number of carbonyl (C=O) groups is 1. The van der Waals surface area contributed by atoms with E-state index >= 15 is 0 Å². The van der Waals surface area contributed by atoms with Gasteiger partial charge in [-0.25, -0.2) is 0 Å². The van der Waals surface area contributed by atoms with Crippen molar-refractivity contribution in [3.63, 3.8) is 0 Å². The van der Waals surface area contributed by atoms with Gasteiger partial charge in [0.2, 0.25) is 0 Å². The Morgan fingerprint density at radius 3 is 2.80 bits per heavy atom. The van der Waals surface area contributed by atoms with Gasteiger partial charge in [0.1, 0.15) is 5.75 Å². The van der Waals surface area contributed by atoms with E-state index in [1.165, 1.54) is 7.11 Å². The zero-order chi connectivity index (χ0) is 15.0. The van der Waals surface area contributed by atoms with Crippen LogP contribution in [0.3, 0.4) is 0 Å². The number of hydrogen-bond donors (Lipinski definition) is 1. The summed E-state index contributed by atoms with van der Waals surface area (Å²) < 4.78 is 10.2. The zero-order valence-electron chi connectivity index (χ0n) is 12.2. The molecule has 0 saturated heterocycles. The predicted octanol–water partition coefficient (Wildman–Crippen LogP) is 3.03. The molecule has 0 aliphatic heterocycles. The van der Waals surface area contributed by atoms with E-state index in [-0.39, 0.29) is 19.0 Å². The van der Waals surface area contributed by atoms with Crippen LogP contribution in [0, 0.1) is 5.92 Å². The standard InChI is InChI=1S/C15H22ClNO3/c1-11(2)9-17-10-12-13(16)5-4-6-14(12)20-8-7-15(18)19-3/h4-6,11,17H,7-10H2,1-3H3. The van der Waals surface area contributed by atoms with E-state index in [2.05, 4.69) is 23.9 Å². The molecule has 0 atom stereocenters. The first-order valence-corrected chi connectivity index (χ1v) is 7.10. The Hall–Kier alpha value is -1.26. The summed E-state index contributed by atoms with van der Waals surface area (Å²) in [7, 11) is 1.36. The van der Waals surface area contributed by atoms with Crippen molar-refractivity contribution in [2.75, 3.05) is 20.3 Å². The van der Waals surface area contributed by atoms with Gasteiger partial charge >= 0.3 is 5.97 Å². The molecule has 0 aromatic heterocycles. The maximum atomic E-state index is 11.1. The number of nitrogens with one attached hydrogen (secondary N) is 1. The van der Waals surface area contributed by atoms with Crippen LogP contribution in [0.2, 0.25) is 5.02 Å². The lowest BCUT2D eigenvalue weighted by atomic mass is 10.1. The molecule has 20 heavy (non-hydrogen) atoms. The highest BCUT2D eigenvalue weighted by molar-refractivity contribution is 6.31. The maximum absolute atomic E-state index is 11.1. The van der Waals surface area contributed by atoms with E-state index < -0.39 is 0 Å².